The molecule has 1 unspecified atom stereocenters. The van der Waals surface area contributed by atoms with E-state index in [0.717, 1.165) is 24.9 Å². The largest absolute Gasteiger partial charge is 0.319 e. The van der Waals surface area contributed by atoms with Crippen LogP contribution < -0.4 is 5.32 Å². The average molecular weight is 317 g/mol. The number of aryl methyl sites for hydroxylation is 1. The topological polar surface area (TPSA) is 49.4 Å². The Morgan fingerprint density at radius 3 is 2.90 bits per heavy atom. The number of nitrogens with zero attached hydrogens (tertiary/aromatic N) is 1. The standard InChI is InChI=1S/C14H21ClN2O2S/c1-11-5-6-13(15)8-14(11)20(18,19)17-7-3-4-12(10-17)9-16-2/h5-6,8,12,16H,3-4,7,9-10H2,1-2H3. The molecule has 0 amide bonds. The third-order valence-electron chi connectivity index (χ3n) is 3.74. The zero-order valence-electron chi connectivity index (χ0n) is 11.9. The number of nitrogens with one attached hydrogen (secondary N) is 1. The van der Waals surface area contributed by atoms with Crippen molar-refractivity contribution in [2.75, 3.05) is 26.7 Å². The van der Waals surface area contributed by atoms with E-state index in [0.29, 0.717) is 28.9 Å². The van der Waals surface area contributed by atoms with Crippen molar-refractivity contribution in [1.29, 1.82) is 0 Å². The highest BCUT2D eigenvalue weighted by Crippen LogP contribution is 2.27. The summed E-state index contributed by atoms with van der Waals surface area (Å²) in [5.74, 6) is 0.378. The van der Waals surface area contributed by atoms with Crippen molar-refractivity contribution in [2.24, 2.45) is 5.92 Å². The lowest BCUT2D eigenvalue weighted by molar-refractivity contribution is 0.263. The molecule has 20 heavy (non-hydrogen) atoms. The van der Waals surface area contributed by atoms with Crippen molar-refractivity contribution in [1.82, 2.24) is 9.62 Å². The van der Waals surface area contributed by atoms with Crippen LogP contribution in [-0.4, -0.2) is 39.4 Å². The van der Waals surface area contributed by atoms with E-state index < -0.39 is 10.0 Å². The fourth-order valence-electron chi connectivity index (χ4n) is 2.69. The maximum absolute atomic E-state index is 12.8. The highest BCUT2D eigenvalue weighted by atomic mass is 35.5. The van der Waals surface area contributed by atoms with Crippen molar-refractivity contribution < 1.29 is 8.42 Å². The van der Waals surface area contributed by atoms with E-state index in [-0.39, 0.29) is 0 Å². The summed E-state index contributed by atoms with van der Waals surface area (Å²) in [7, 11) is -1.55. The fourth-order valence-corrected chi connectivity index (χ4v) is 4.73. The van der Waals surface area contributed by atoms with Crippen LogP contribution in [0, 0.1) is 12.8 Å². The van der Waals surface area contributed by atoms with E-state index in [1.54, 1.807) is 29.4 Å². The Bertz CT molecular complexity index is 573. The molecule has 0 aliphatic carbocycles. The molecule has 0 bridgehead atoms. The molecule has 112 valence electrons. The van der Waals surface area contributed by atoms with Crippen molar-refractivity contribution in [2.45, 2.75) is 24.7 Å². The molecule has 1 aliphatic rings. The Morgan fingerprint density at radius 1 is 1.45 bits per heavy atom. The first-order valence-electron chi connectivity index (χ1n) is 6.86. The molecule has 0 spiro atoms. The fraction of sp³-hybridized carbons (Fsp3) is 0.571. The second-order valence-electron chi connectivity index (χ2n) is 5.34. The Labute approximate surface area is 126 Å². The van der Waals surface area contributed by atoms with E-state index in [1.165, 1.54) is 0 Å². The van der Waals surface area contributed by atoms with Crippen LogP contribution in [0.1, 0.15) is 18.4 Å². The summed E-state index contributed by atoms with van der Waals surface area (Å²) in [6.07, 6.45) is 1.98. The van der Waals surface area contributed by atoms with Gasteiger partial charge < -0.3 is 5.32 Å². The summed E-state index contributed by atoms with van der Waals surface area (Å²) in [4.78, 5) is 0.329. The molecule has 1 fully saturated rings. The van der Waals surface area contributed by atoms with Gasteiger partial charge in [-0.15, -0.1) is 0 Å². The zero-order valence-corrected chi connectivity index (χ0v) is 13.5. The van der Waals surface area contributed by atoms with Crippen molar-refractivity contribution in [3.63, 3.8) is 0 Å². The Kier molecular flexibility index (Phi) is 5.07. The Balaban J connectivity index is 2.27. The minimum atomic E-state index is -3.45. The van der Waals surface area contributed by atoms with Gasteiger partial charge in [-0.1, -0.05) is 17.7 Å². The summed E-state index contributed by atoms with van der Waals surface area (Å²) < 4.78 is 27.1. The first kappa shape index (κ1) is 15.8. The van der Waals surface area contributed by atoms with Crippen molar-refractivity contribution in [3.05, 3.63) is 28.8 Å². The molecule has 0 aromatic heterocycles. The zero-order chi connectivity index (χ0) is 14.8. The molecule has 2 rings (SSSR count). The lowest BCUT2D eigenvalue weighted by Gasteiger charge is -2.32. The lowest BCUT2D eigenvalue weighted by Crippen LogP contribution is -2.42. The van der Waals surface area contributed by atoms with Gasteiger partial charge in [-0.25, -0.2) is 8.42 Å². The predicted octanol–water partition coefficient (Wildman–Crippen LogP) is 2.27. The van der Waals surface area contributed by atoms with E-state index >= 15 is 0 Å². The summed E-state index contributed by atoms with van der Waals surface area (Å²) in [6.45, 7) is 3.82. The molecule has 4 nitrogen and oxygen atoms in total. The third-order valence-corrected chi connectivity index (χ3v) is 5.98. The lowest BCUT2D eigenvalue weighted by atomic mass is 10.00. The number of halogens is 1. The average Bonchev–Trinajstić information content (AvgIpc) is 2.42. The Hall–Kier alpha value is -0.620. The van der Waals surface area contributed by atoms with Crippen LogP contribution in [0.15, 0.2) is 23.1 Å². The normalized spacial score (nSPS) is 21.1. The van der Waals surface area contributed by atoms with E-state index in [9.17, 15) is 8.42 Å². The Morgan fingerprint density at radius 2 is 2.20 bits per heavy atom. The third kappa shape index (κ3) is 3.34. The molecule has 1 heterocycles. The number of hydrogen-bond donors (Lipinski definition) is 1. The van der Waals surface area contributed by atoms with Crippen molar-refractivity contribution >= 4 is 21.6 Å². The summed E-state index contributed by atoms with van der Waals surface area (Å²) >= 11 is 5.95. The summed E-state index contributed by atoms with van der Waals surface area (Å²) in [6, 6.07) is 5.02. The van der Waals surface area contributed by atoms with Gasteiger partial charge in [0.15, 0.2) is 0 Å². The van der Waals surface area contributed by atoms with Crippen LogP contribution in [0.4, 0.5) is 0 Å². The second-order valence-corrected chi connectivity index (χ2v) is 7.68. The van der Waals surface area contributed by atoms with Gasteiger partial charge >= 0.3 is 0 Å². The van der Waals surface area contributed by atoms with E-state index in [1.807, 2.05) is 7.05 Å². The first-order valence-corrected chi connectivity index (χ1v) is 8.68. The molecular formula is C14H21ClN2O2S. The van der Waals surface area contributed by atoms with Gasteiger partial charge in [-0.3, -0.25) is 0 Å². The van der Waals surface area contributed by atoms with Crippen LogP contribution in [0.3, 0.4) is 0 Å². The molecule has 1 saturated heterocycles. The summed E-state index contributed by atoms with van der Waals surface area (Å²) in [5, 5.41) is 3.58. The predicted molar refractivity (Wildman–Crippen MR) is 81.6 cm³/mol. The molecule has 1 aromatic carbocycles. The van der Waals surface area contributed by atoms with Gasteiger partial charge in [-0.05, 0) is 57.0 Å². The minimum absolute atomic E-state index is 0.329. The van der Waals surface area contributed by atoms with Gasteiger partial charge in [0.1, 0.15) is 0 Å². The van der Waals surface area contributed by atoms with Crippen LogP contribution >= 0.6 is 11.6 Å². The number of rotatable bonds is 4. The van der Waals surface area contributed by atoms with E-state index in [2.05, 4.69) is 5.32 Å². The van der Waals surface area contributed by atoms with Gasteiger partial charge in [0.2, 0.25) is 10.0 Å². The number of sulfonamides is 1. The molecule has 1 N–H and O–H groups in total. The van der Waals surface area contributed by atoms with Crippen molar-refractivity contribution in [3.8, 4) is 0 Å². The molecular weight excluding hydrogens is 296 g/mol. The van der Waals surface area contributed by atoms with Gasteiger partial charge in [0.25, 0.3) is 0 Å². The van der Waals surface area contributed by atoms with E-state index in [4.69, 9.17) is 11.6 Å². The number of hydrogen-bond acceptors (Lipinski definition) is 3. The molecule has 0 radical (unpaired) electrons. The second kappa shape index (κ2) is 6.43. The smallest absolute Gasteiger partial charge is 0.243 e. The van der Waals surface area contributed by atoms with Crippen LogP contribution in [0.5, 0.6) is 0 Å². The van der Waals surface area contributed by atoms with Crippen LogP contribution in [-0.2, 0) is 10.0 Å². The monoisotopic (exact) mass is 316 g/mol. The SMILES string of the molecule is CNCC1CCCN(S(=O)(=O)c2cc(Cl)ccc2C)C1. The molecule has 1 atom stereocenters. The minimum Gasteiger partial charge on any atom is -0.319 e. The highest BCUT2D eigenvalue weighted by molar-refractivity contribution is 7.89. The van der Waals surface area contributed by atoms with Crippen LogP contribution in [0.25, 0.3) is 0 Å². The summed E-state index contributed by atoms with van der Waals surface area (Å²) in [5.41, 5.74) is 0.741. The molecule has 1 aromatic rings. The van der Waals surface area contributed by atoms with Gasteiger partial charge in [0, 0.05) is 18.1 Å². The molecule has 6 heteroatoms. The van der Waals surface area contributed by atoms with Gasteiger partial charge in [0.05, 0.1) is 4.90 Å². The number of benzene rings is 1. The quantitative estimate of drug-likeness (QED) is 0.927. The first-order chi connectivity index (χ1) is 9.45. The maximum atomic E-state index is 12.8. The highest BCUT2D eigenvalue weighted by Gasteiger charge is 2.31. The molecule has 1 aliphatic heterocycles. The maximum Gasteiger partial charge on any atom is 0.243 e. The molecule has 0 saturated carbocycles. The van der Waals surface area contributed by atoms with Gasteiger partial charge in [-0.2, -0.15) is 4.31 Å². The number of piperidine rings is 1. The van der Waals surface area contributed by atoms with Crippen LogP contribution in [0.2, 0.25) is 5.02 Å².